The fourth-order valence-electron chi connectivity index (χ4n) is 1.40. The summed E-state index contributed by atoms with van der Waals surface area (Å²) < 4.78 is 1.73. The predicted octanol–water partition coefficient (Wildman–Crippen LogP) is 0.438. The maximum absolute atomic E-state index is 9.31. The molecule has 0 aliphatic rings. The van der Waals surface area contributed by atoms with E-state index in [1.165, 1.54) is 6.33 Å². The van der Waals surface area contributed by atoms with Crippen LogP contribution in [0.2, 0.25) is 5.15 Å². The Hall–Kier alpha value is -1.17. The van der Waals surface area contributed by atoms with Gasteiger partial charge in [0.25, 0.3) is 0 Å². The van der Waals surface area contributed by atoms with Crippen molar-refractivity contribution in [2.24, 2.45) is 0 Å². The van der Waals surface area contributed by atoms with E-state index >= 15 is 0 Å². The van der Waals surface area contributed by atoms with Crippen molar-refractivity contribution in [3.05, 3.63) is 23.7 Å². The van der Waals surface area contributed by atoms with Gasteiger partial charge in [-0.05, 0) is 6.07 Å². The Bertz CT molecular complexity index is 471. The van der Waals surface area contributed by atoms with Crippen molar-refractivity contribution in [2.75, 3.05) is 6.61 Å². The molecule has 2 aromatic rings. The highest BCUT2D eigenvalue weighted by molar-refractivity contribution is 6.33. The third-order valence-electron chi connectivity index (χ3n) is 2.13. The van der Waals surface area contributed by atoms with E-state index in [1.54, 1.807) is 16.8 Å². The van der Waals surface area contributed by atoms with Crippen molar-refractivity contribution in [1.29, 1.82) is 0 Å². The Kier molecular flexibility index (Phi) is 2.86. The number of nitrogens with zero attached hydrogens (tertiary/aromatic N) is 3. The van der Waals surface area contributed by atoms with Gasteiger partial charge < -0.3 is 14.8 Å². The monoisotopic (exact) mass is 227 g/mol. The van der Waals surface area contributed by atoms with Gasteiger partial charge >= 0.3 is 0 Å². The second kappa shape index (κ2) is 4.14. The topological polar surface area (TPSA) is 71.2 Å². The summed E-state index contributed by atoms with van der Waals surface area (Å²) in [5.74, 6) is 0. The summed E-state index contributed by atoms with van der Waals surface area (Å²) in [5.41, 5.74) is 0.655. The Morgan fingerprint density at radius 2 is 2.27 bits per heavy atom. The molecule has 2 N–H and O–H groups in total. The van der Waals surface area contributed by atoms with Crippen LogP contribution in [-0.4, -0.2) is 37.5 Å². The number of rotatable bonds is 3. The first-order chi connectivity index (χ1) is 7.22. The molecule has 0 spiro atoms. The summed E-state index contributed by atoms with van der Waals surface area (Å²) in [6, 6.07) is 1.78. The molecule has 0 bridgehead atoms. The molecule has 2 rings (SSSR count). The van der Waals surface area contributed by atoms with Crippen LogP contribution >= 0.6 is 11.6 Å². The molecule has 1 atom stereocenters. The van der Waals surface area contributed by atoms with E-state index in [-0.39, 0.29) is 13.2 Å². The normalized spacial score (nSPS) is 13.3. The predicted molar refractivity (Wildman–Crippen MR) is 55.6 cm³/mol. The maximum atomic E-state index is 9.31. The van der Waals surface area contributed by atoms with Crippen LogP contribution in [0.15, 0.2) is 18.6 Å². The molecule has 6 heteroatoms. The van der Waals surface area contributed by atoms with Crippen LogP contribution in [0.3, 0.4) is 0 Å². The fourth-order valence-corrected chi connectivity index (χ4v) is 1.60. The van der Waals surface area contributed by atoms with Crippen LogP contribution in [0.4, 0.5) is 0 Å². The van der Waals surface area contributed by atoms with Crippen molar-refractivity contribution < 1.29 is 10.2 Å². The lowest BCUT2D eigenvalue weighted by Crippen LogP contribution is -2.19. The molecule has 5 nitrogen and oxygen atoms in total. The Balaban J connectivity index is 2.41. The van der Waals surface area contributed by atoms with Gasteiger partial charge in [-0.25, -0.2) is 9.97 Å². The molecule has 2 heterocycles. The average Bonchev–Trinajstić information content (AvgIpc) is 2.63. The SMILES string of the molecule is OCC(O)Cn1ccc2c(Cl)ncnc21. The number of hydrogen-bond acceptors (Lipinski definition) is 4. The number of fused-ring (bicyclic) bond motifs is 1. The van der Waals surface area contributed by atoms with Crippen LogP contribution in [0.5, 0.6) is 0 Å². The second-order valence-corrected chi connectivity index (χ2v) is 3.56. The van der Waals surface area contributed by atoms with Gasteiger partial charge in [-0.2, -0.15) is 0 Å². The number of aliphatic hydroxyl groups is 2. The maximum Gasteiger partial charge on any atom is 0.144 e. The van der Waals surface area contributed by atoms with Gasteiger partial charge in [0.2, 0.25) is 0 Å². The van der Waals surface area contributed by atoms with E-state index in [4.69, 9.17) is 16.7 Å². The van der Waals surface area contributed by atoms with Crippen LogP contribution in [0.25, 0.3) is 11.0 Å². The van der Waals surface area contributed by atoms with Gasteiger partial charge in [0.05, 0.1) is 24.6 Å². The summed E-state index contributed by atoms with van der Waals surface area (Å²) in [7, 11) is 0. The number of halogens is 1. The van der Waals surface area contributed by atoms with E-state index in [1.807, 2.05) is 0 Å². The number of aliphatic hydroxyl groups excluding tert-OH is 2. The molecule has 0 aliphatic heterocycles. The van der Waals surface area contributed by atoms with Crippen molar-refractivity contribution >= 4 is 22.6 Å². The zero-order valence-corrected chi connectivity index (χ0v) is 8.59. The lowest BCUT2D eigenvalue weighted by molar-refractivity contribution is 0.0821. The van der Waals surface area contributed by atoms with Crippen molar-refractivity contribution in [1.82, 2.24) is 14.5 Å². The molecule has 0 saturated carbocycles. The molecule has 80 valence electrons. The minimum absolute atomic E-state index is 0.279. The first-order valence-electron chi connectivity index (χ1n) is 4.46. The minimum Gasteiger partial charge on any atom is -0.394 e. The molecule has 2 aromatic heterocycles. The van der Waals surface area contributed by atoms with Crippen molar-refractivity contribution in [3.63, 3.8) is 0 Å². The number of aromatic nitrogens is 3. The highest BCUT2D eigenvalue weighted by atomic mass is 35.5. The molecule has 0 fully saturated rings. The molecular weight excluding hydrogens is 218 g/mol. The zero-order chi connectivity index (χ0) is 10.8. The van der Waals surface area contributed by atoms with Gasteiger partial charge in [0.15, 0.2) is 0 Å². The van der Waals surface area contributed by atoms with Crippen molar-refractivity contribution in [2.45, 2.75) is 12.6 Å². The molecule has 15 heavy (non-hydrogen) atoms. The highest BCUT2D eigenvalue weighted by Gasteiger charge is 2.09. The molecule has 0 radical (unpaired) electrons. The summed E-state index contributed by atoms with van der Waals surface area (Å²) >= 11 is 5.86. The van der Waals surface area contributed by atoms with Gasteiger partial charge in [0, 0.05) is 6.20 Å². The smallest absolute Gasteiger partial charge is 0.144 e. The summed E-state index contributed by atoms with van der Waals surface area (Å²) in [6.45, 7) is 0.00578. The number of hydrogen-bond donors (Lipinski definition) is 2. The van der Waals surface area contributed by atoms with E-state index in [0.29, 0.717) is 10.8 Å². The Morgan fingerprint density at radius 1 is 1.47 bits per heavy atom. The molecule has 0 amide bonds. The van der Waals surface area contributed by atoms with Crippen LogP contribution in [0, 0.1) is 0 Å². The summed E-state index contributed by atoms with van der Waals surface area (Å²) in [6.07, 6.45) is 2.32. The first-order valence-corrected chi connectivity index (χ1v) is 4.84. The lowest BCUT2D eigenvalue weighted by atomic mass is 10.4. The van der Waals surface area contributed by atoms with Gasteiger partial charge in [0.1, 0.15) is 17.1 Å². The van der Waals surface area contributed by atoms with Crippen molar-refractivity contribution in [3.8, 4) is 0 Å². The van der Waals surface area contributed by atoms with E-state index in [0.717, 1.165) is 5.39 Å². The summed E-state index contributed by atoms with van der Waals surface area (Å²) in [4.78, 5) is 7.91. The molecular formula is C9H10ClN3O2. The molecule has 0 aromatic carbocycles. The van der Waals surface area contributed by atoms with Crippen LogP contribution in [0.1, 0.15) is 0 Å². The van der Waals surface area contributed by atoms with E-state index in [9.17, 15) is 5.11 Å². The first kappa shape index (κ1) is 10.4. The van der Waals surface area contributed by atoms with Gasteiger partial charge in [-0.15, -0.1) is 0 Å². The summed E-state index contributed by atoms with van der Waals surface area (Å²) in [5, 5.41) is 19.2. The molecule has 1 unspecified atom stereocenters. The lowest BCUT2D eigenvalue weighted by Gasteiger charge is -2.08. The Labute approximate surface area is 91.0 Å². The third kappa shape index (κ3) is 1.94. The van der Waals surface area contributed by atoms with E-state index < -0.39 is 6.10 Å². The van der Waals surface area contributed by atoms with Gasteiger partial charge in [-0.1, -0.05) is 11.6 Å². The average molecular weight is 228 g/mol. The van der Waals surface area contributed by atoms with E-state index in [2.05, 4.69) is 9.97 Å². The molecule has 0 saturated heterocycles. The minimum atomic E-state index is -0.797. The second-order valence-electron chi connectivity index (χ2n) is 3.21. The Morgan fingerprint density at radius 3 is 3.00 bits per heavy atom. The molecule has 0 aliphatic carbocycles. The zero-order valence-electron chi connectivity index (χ0n) is 7.84. The highest BCUT2D eigenvalue weighted by Crippen LogP contribution is 2.19. The van der Waals surface area contributed by atoms with Crippen LogP contribution in [-0.2, 0) is 6.54 Å². The standard InChI is InChI=1S/C9H10ClN3O2/c10-8-7-1-2-13(3-6(15)4-14)9(7)12-5-11-8/h1-2,5-6,14-15H,3-4H2. The van der Waals surface area contributed by atoms with Crippen LogP contribution < -0.4 is 0 Å². The fraction of sp³-hybridized carbons (Fsp3) is 0.333. The quantitative estimate of drug-likeness (QED) is 0.747. The third-order valence-corrected chi connectivity index (χ3v) is 2.43. The van der Waals surface area contributed by atoms with Gasteiger partial charge in [-0.3, -0.25) is 0 Å². The largest absolute Gasteiger partial charge is 0.394 e.